The van der Waals surface area contributed by atoms with Crippen LogP contribution in [0.1, 0.15) is 24.8 Å². The Balaban J connectivity index is 1.42. The Morgan fingerprint density at radius 3 is 3.04 bits per heavy atom. The Morgan fingerprint density at radius 1 is 1.36 bits per heavy atom. The average molecular weight is 344 g/mol. The number of aromatic nitrogens is 3. The Hall–Kier alpha value is -2.25. The van der Waals surface area contributed by atoms with Crippen molar-refractivity contribution in [1.82, 2.24) is 20.1 Å². The summed E-state index contributed by atoms with van der Waals surface area (Å²) in [7, 11) is 0. The van der Waals surface area contributed by atoms with Crippen molar-refractivity contribution < 1.29 is 14.3 Å². The van der Waals surface area contributed by atoms with Crippen LogP contribution in [0.15, 0.2) is 43.0 Å². The molecule has 2 aromatic rings. The molecule has 0 radical (unpaired) electrons. The lowest BCUT2D eigenvalue weighted by Crippen LogP contribution is -2.50. The highest BCUT2D eigenvalue weighted by atomic mass is 16.5. The van der Waals surface area contributed by atoms with E-state index in [1.165, 1.54) is 6.33 Å². The Morgan fingerprint density at radius 2 is 2.24 bits per heavy atom. The highest BCUT2D eigenvalue weighted by Crippen LogP contribution is 2.15. The van der Waals surface area contributed by atoms with Gasteiger partial charge in [-0.2, -0.15) is 5.10 Å². The minimum absolute atomic E-state index is 0.0175. The van der Waals surface area contributed by atoms with Gasteiger partial charge in [0.2, 0.25) is 5.91 Å². The van der Waals surface area contributed by atoms with Crippen molar-refractivity contribution in [2.45, 2.75) is 44.6 Å². The number of carbonyl (C=O) groups excluding carboxylic acids is 1. The molecule has 7 heteroatoms. The van der Waals surface area contributed by atoms with E-state index in [-0.39, 0.29) is 18.1 Å². The number of nitrogens with one attached hydrogen (secondary N) is 1. The molecule has 1 aliphatic rings. The molecule has 3 rings (SSSR count). The molecule has 2 heterocycles. The summed E-state index contributed by atoms with van der Waals surface area (Å²) in [6.07, 6.45) is 5.08. The first-order valence-electron chi connectivity index (χ1n) is 8.66. The number of rotatable bonds is 8. The number of nitrogens with zero attached hydrogens (tertiary/aromatic N) is 3. The maximum Gasteiger partial charge on any atom is 0.220 e. The minimum Gasteiger partial charge on any atom is -0.379 e. The molecular formula is C18H24N4O3. The van der Waals surface area contributed by atoms with Crippen molar-refractivity contribution in [3.63, 3.8) is 0 Å². The van der Waals surface area contributed by atoms with Crippen molar-refractivity contribution in [3.8, 4) is 0 Å². The third-order valence-corrected chi connectivity index (χ3v) is 4.20. The van der Waals surface area contributed by atoms with Crippen LogP contribution < -0.4 is 5.32 Å². The third-order valence-electron chi connectivity index (χ3n) is 4.20. The van der Waals surface area contributed by atoms with Gasteiger partial charge in [-0.25, -0.2) is 4.98 Å². The van der Waals surface area contributed by atoms with Gasteiger partial charge in [-0.3, -0.25) is 9.48 Å². The summed E-state index contributed by atoms with van der Waals surface area (Å²) >= 11 is 0. The maximum absolute atomic E-state index is 12.2. The second kappa shape index (κ2) is 9.29. The molecule has 1 fully saturated rings. The second-order valence-corrected chi connectivity index (χ2v) is 6.13. The molecule has 2 atom stereocenters. The molecule has 134 valence electrons. The molecule has 0 saturated carbocycles. The number of carbonyl (C=O) groups is 1. The lowest BCUT2D eigenvalue weighted by Gasteiger charge is -2.32. The van der Waals surface area contributed by atoms with Gasteiger partial charge in [0.05, 0.1) is 25.4 Å². The zero-order chi connectivity index (χ0) is 17.3. The van der Waals surface area contributed by atoms with Crippen LogP contribution in [0.4, 0.5) is 0 Å². The first kappa shape index (κ1) is 17.6. The largest absolute Gasteiger partial charge is 0.379 e. The lowest BCUT2D eigenvalue weighted by molar-refractivity contribution is -0.126. The standard InChI is InChI=1S/C18H24N4O3/c23-18(7-4-9-22-14-19-13-20-22)21-16-12-24-10-8-17(16)25-11-15-5-2-1-3-6-15/h1-3,5-6,13-14,16-17H,4,7-12H2,(H,21,23)/t16-,17+/m1/s1. The number of hydrogen-bond acceptors (Lipinski definition) is 5. The van der Waals surface area contributed by atoms with Gasteiger partial charge in [0.25, 0.3) is 0 Å². The Labute approximate surface area is 147 Å². The van der Waals surface area contributed by atoms with Crippen LogP contribution in [0.2, 0.25) is 0 Å². The first-order chi connectivity index (χ1) is 12.3. The average Bonchev–Trinajstić information content (AvgIpc) is 3.15. The summed E-state index contributed by atoms with van der Waals surface area (Å²) in [6, 6.07) is 9.96. The lowest BCUT2D eigenvalue weighted by atomic mass is 10.1. The monoisotopic (exact) mass is 344 g/mol. The van der Waals surface area contributed by atoms with E-state index in [0.29, 0.717) is 32.8 Å². The van der Waals surface area contributed by atoms with Gasteiger partial charge in [0, 0.05) is 19.6 Å². The third kappa shape index (κ3) is 5.65. The molecule has 1 aliphatic heterocycles. The number of aryl methyl sites for hydroxylation is 1. The molecule has 7 nitrogen and oxygen atoms in total. The number of hydrogen-bond donors (Lipinski definition) is 1. The second-order valence-electron chi connectivity index (χ2n) is 6.13. The van der Waals surface area contributed by atoms with Crippen LogP contribution in [-0.4, -0.2) is 46.0 Å². The number of benzene rings is 1. The number of ether oxygens (including phenoxy) is 2. The Bertz CT molecular complexity index is 633. The van der Waals surface area contributed by atoms with Crippen LogP contribution in [-0.2, 0) is 27.4 Å². The van der Waals surface area contributed by atoms with Crippen LogP contribution in [0.3, 0.4) is 0 Å². The topological polar surface area (TPSA) is 78.3 Å². The summed E-state index contributed by atoms with van der Waals surface area (Å²) < 4.78 is 13.3. The molecule has 1 N–H and O–H groups in total. The van der Waals surface area contributed by atoms with E-state index in [2.05, 4.69) is 15.4 Å². The highest BCUT2D eigenvalue weighted by Gasteiger charge is 2.27. The maximum atomic E-state index is 12.2. The van der Waals surface area contributed by atoms with E-state index < -0.39 is 0 Å². The highest BCUT2D eigenvalue weighted by molar-refractivity contribution is 5.76. The SMILES string of the molecule is O=C(CCCn1cncn1)N[C@@H]1COCC[C@@H]1OCc1ccccc1. The molecule has 0 aliphatic carbocycles. The summed E-state index contributed by atoms with van der Waals surface area (Å²) in [6.45, 7) is 2.39. The minimum atomic E-state index is -0.101. The zero-order valence-electron chi connectivity index (χ0n) is 14.2. The molecule has 1 aromatic heterocycles. The summed E-state index contributed by atoms with van der Waals surface area (Å²) in [5.74, 6) is 0.0175. The van der Waals surface area contributed by atoms with Crippen LogP contribution >= 0.6 is 0 Å². The van der Waals surface area contributed by atoms with Gasteiger partial charge in [0.15, 0.2) is 0 Å². The van der Waals surface area contributed by atoms with Crippen molar-refractivity contribution >= 4 is 5.91 Å². The van der Waals surface area contributed by atoms with Crippen LogP contribution in [0.25, 0.3) is 0 Å². The normalized spacial score (nSPS) is 20.3. The quantitative estimate of drug-likeness (QED) is 0.786. The molecule has 1 aromatic carbocycles. The van der Waals surface area contributed by atoms with Gasteiger partial charge >= 0.3 is 0 Å². The van der Waals surface area contributed by atoms with Crippen molar-refractivity contribution in [3.05, 3.63) is 48.5 Å². The zero-order valence-corrected chi connectivity index (χ0v) is 14.2. The first-order valence-corrected chi connectivity index (χ1v) is 8.66. The summed E-state index contributed by atoms with van der Waals surface area (Å²) in [5.41, 5.74) is 1.13. The molecular weight excluding hydrogens is 320 g/mol. The van der Waals surface area contributed by atoms with E-state index in [4.69, 9.17) is 9.47 Å². The summed E-state index contributed by atoms with van der Waals surface area (Å²) in [4.78, 5) is 16.1. The molecule has 0 bridgehead atoms. The van der Waals surface area contributed by atoms with Crippen molar-refractivity contribution in [1.29, 1.82) is 0 Å². The molecule has 0 spiro atoms. The molecule has 1 saturated heterocycles. The van der Waals surface area contributed by atoms with E-state index in [1.54, 1.807) is 11.0 Å². The number of amides is 1. The fourth-order valence-corrected chi connectivity index (χ4v) is 2.86. The van der Waals surface area contributed by atoms with Gasteiger partial charge < -0.3 is 14.8 Å². The molecule has 25 heavy (non-hydrogen) atoms. The fourth-order valence-electron chi connectivity index (χ4n) is 2.86. The predicted molar refractivity (Wildman–Crippen MR) is 91.6 cm³/mol. The smallest absolute Gasteiger partial charge is 0.220 e. The molecule has 1 amide bonds. The van der Waals surface area contributed by atoms with Gasteiger partial charge in [-0.05, 0) is 18.4 Å². The Kier molecular flexibility index (Phi) is 6.53. The van der Waals surface area contributed by atoms with Gasteiger partial charge in [-0.15, -0.1) is 0 Å². The van der Waals surface area contributed by atoms with E-state index in [9.17, 15) is 4.79 Å². The van der Waals surface area contributed by atoms with Crippen molar-refractivity contribution in [2.75, 3.05) is 13.2 Å². The van der Waals surface area contributed by atoms with Crippen molar-refractivity contribution in [2.24, 2.45) is 0 Å². The predicted octanol–water partition coefficient (Wildman–Crippen LogP) is 1.55. The van der Waals surface area contributed by atoms with Crippen LogP contribution in [0, 0.1) is 0 Å². The van der Waals surface area contributed by atoms with E-state index in [1.807, 2.05) is 30.3 Å². The van der Waals surface area contributed by atoms with Gasteiger partial charge in [-0.1, -0.05) is 30.3 Å². The van der Waals surface area contributed by atoms with E-state index >= 15 is 0 Å². The van der Waals surface area contributed by atoms with Gasteiger partial charge in [0.1, 0.15) is 12.7 Å². The fraction of sp³-hybridized carbons (Fsp3) is 0.500. The summed E-state index contributed by atoms with van der Waals surface area (Å²) in [5, 5.41) is 7.08. The van der Waals surface area contributed by atoms with E-state index in [0.717, 1.165) is 18.4 Å². The molecule has 0 unspecified atom stereocenters. The van der Waals surface area contributed by atoms with Crippen LogP contribution in [0.5, 0.6) is 0 Å².